The Hall–Kier alpha value is -2.14. The third-order valence-corrected chi connectivity index (χ3v) is 3.69. The number of aromatic nitrogens is 2. The lowest BCUT2D eigenvalue weighted by Gasteiger charge is -2.05. The van der Waals surface area contributed by atoms with Crippen LogP contribution < -0.4 is 0 Å². The monoisotopic (exact) mass is 306 g/mol. The molecule has 0 aliphatic rings. The van der Waals surface area contributed by atoms with Gasteiger partial charge < -0.3 is 9.30 Å². The third kappa shape index (κ3) is 3.13. The number of carbonyl (C=O) groups excluding carboxylic acids is 2. The number of hydrogen-bond donors (Lipinski definition) is 0. The van der Waals surface area contributed by atoms with Crippen molar-refractivity contribution in [3.63, 3.8) is 0 Å². The van der Waals surface area contributed by atoms with Gasteiger partial charge in [0.2, 0.25) is 5.78 Å². The van der Waals surface area contributed by atoms with Gasteiger partial charge in [-0.25, -0.2) is 9.78 Å². The minimum absolute atomic E-state index is 0.0571. The number of Topliss-reactive ketones (excluding diaryl/α,β-unsaturated/α-hetero) is 1. The van der Waals surface area contributed by atoms with Crippen LogP contribution in [0.4, 0.5) is 0 Å². The zero-order chi connectivity index (χ0) is 15.6. The maximum atomic E-state index is 12.1. The maximum absolute atomic E-state index is 12.1. The molecule has 0 atom stereocenters. The molecular formula is C15H15ClN2O3. The second kappa shape index (κ2) is 6.10. The van der Waals surface area contributed by atoms with Crippen molar-refractivity contribution in [3.05, 3.63) is 52.1 Å². The number of halogens is 1. The predicted octanol–water partition coefficient (Wildman–Crippen LogP) is 2.73. The highest BCUT2D eigenvalue weighted by Gasteiger charge is 2.18. The number of ketones is 1. The van der Waals surface area contributed by atoms with E-state index < -0.39 is 5.97 Å². The van der Waals surface area contributed by atoms with Crippen molar-refractivity contribution >= 4 is 23.4 Å². The Morgan fingerprint density at radius 2 is 2.05 bits per heavy atom. The van der Waals surface area contributed by atoms with Gasteiger partial charge in [0.05, 0.1) is 5.56 Å². The van der Waals surface area contributed by atoms with Crippen LogP contribution in [0, 0.1) is 13.8 Å². The SMILES string of the molecule is Cc1cc(C(=O)COC(=O)c2cccnc2Cl)c(C)n1C. The highest BCUT2D eigenvalue weighted by Crippen LogP contribution is 2.16. The predicted molar refractivity (Wildman–Crippen MR) is 78.7 cm³/mol. The van der Waals surface area contributed by atoms with Gasteiger partial charge in [-0.2, -0.15) is 0 Å². The molecule has 0 unspecified atom stereocenters. The van der Waals surface area contributed by atoms with Crippen LogP contribution in [0.2, 0.25) is 5.15 Å². The molecule has 0 bridgehead atoms. The van der Waals surface area contributed by atoms with E-state index in [0.29, 0.717) is 5.56 Å². The first-order valence-corrected chi connectivity index (χ1v) is 6.73. The molecule has 110 valence electrons. The number of hydrogen-bond acceptors (Lipinski definition) is 4. The number of carbonyl (C=O) groups is 2. The van der Waals surface area contributed by atoms with Crippen LogP contribution >= 0.6 is 11.6 Å². The molecule has 5 nitrogen and oxygen atoms in total. The fourth-order valence-electron chi connectivity index (χ4n) is 1.96. The number of esters is 1. The molecule has 0 radical (unpaired) electrons. The molecule has 21 heavy (non-hydrogen) atoms. The summed E-state index contributed by atoms with van der Waals surface area (Å²) in [5.41, 5.74) is 2.51. The molecule has 2 aromatic heterocycles. The summed E-state index contributed by atoms with van der Waals surface area (Å²) in [5, 5.41) is 0.0571. The highest BCUT2D eigenvalue weighted by molar-refractivity contribution is 6.32. The van der Waals surface area contributed by atoms with Crippen LogP contribution in [-0.2, 0) is 11.8 Å². The van der Waals surface area contributed by atoms with E-state index in [-0.39, 0.29) is 23.1 Å². The zero-order valence-corrected chi connectivity index (χ0v) is 12.8. The molecule has 2 heterocycles. The largest absolute Gasteiger partial charge is 0.454 e. The molecular weight excluding hydrogens is 292 g/mol. The Bertz CT molecular complexity index is 707. The number of aryl methyl sites for hydroxylation is 1. The van der Waals surface area contributed by atoms with Gasteiger partial charge in [0.25, 0.3) is 0 Å². The molecule has 0 spiro atoms. The molecule has 0 saturated carbocycles. The molecule has 0 aliphatic heterocycles. The van der Waals surface area contributed by atoms with E-state index >= 15 is 0 Å². The molecule has 2 aromatic rings. The van der Waals surface area contributed by atoms with Gasteiger partial charge in [-0.05, 0) is 32.0 Å². The van der Waals surface area contributed by atoms with E-state index in [1.807, 2.05) is 25.5 Å². The fourth-order valence-corrected chi connectivity index (χ4v) is 2.16. The standard InChI is InChI=1S/C15H15ClN2O3/c1-9-7-12(10(2)18(9)3)13(19)8-21-15(20)11-5-4-6-17-14(11)16/h4-7H,8H2,1-3H3. The summed E-state index contributed by atoms with van der Waals surface area (Å²) in [6.07, 6.45) is 1.47. The zero-order valence-electron chi connectivity index (χ0n) is 12.0. The van der Waals surface area contributed by atoms with Crippen molar-refractivity contribution < 1.29 is 14.3 Å². The molecule has 0 N–H and O–H groups in total. The van der Waals surface area contributed by atoms with Crippen molar-refractivity contribution in [1.29, 1.82) is 0 Å². The summed E-state index contributed by atoms with van der Waals surface area (Å²) in [4.78, 5) is 27.8. The highest BCUT2D eigenvalue weighted by atomic mass is 35.5. The first kappa shape index (κ1) is 15.3. The molecule has 0 aromatic carbocycles. The summed E-state index contributed by atoms with van der Waals surface area (Å²) in [5.74, 6) is -0.906. The number of ether oxygens (including phenoxy) is 1. The van der Waals surface area contributed by atoms with Crippen LogP contribution in [0.15, 0.2) is 24.4 Å². The molecule has 2 rings (SSSR count). The molecule has 0 saturated heterocycles. The topological polar surface area (TPSA) is 61.2 Å². The lowest BCUT2D eigenvalue weighted by Crippen LogP contribution is -2.15. The first-order valence-electron chi connectivity index (χ1n) is 6.35. The van der Waals surface area contributed by atoms with E-state index in [9.17, 15) is 9.59 Å². The van der Waals surface area contributed by atoms with E-state index in [0.717, 1.165) is 11.4 Å². The number of nitrogens with zero attached hydrogens (tertiary/aromatic N) is 2. The van der Waals surface area contributed by atoms with E-state index in [1.165, 1.54) is 12.3 Å². The van der Waals surface area contributed by atoms with Gasteiger partial charge in [0.15, 0.2) is 6.61 Å². The molecule has 6 heteroatoms. The maximum Gasteiger partial charge on any atom is 0.341 e. The minimum Gasteiger partial charge on any atom is -0.454 e. The average Bonchev–Trinajstić information content (AvgIpc) is 2.72. The van der Waals surface area contributed by atoms with Crippen molar-refractivity contribution in [3.8, 4) is 0 Å². The van der Waals surface area contributed by atoms with Gasteiger partial charge in [-0.3, -0.25) is 4.79 Å². The van der Waals surface area contributed by atoms with Crippen LogP contribution in [0.25, 0.3) is 0 Å². The van der Waals surface area contributed by atoms with Crippen molar-refractivity contribution in [1.82, 2.24) is 9.55 Å². The molecule has 0 amide bonds. The second-order valence-corrected chi connectivity index (χ2v) is 5.04. The van der Waals surface area contributed by atoms with E-state index in [1.54, 1.807) is 12.1 Å². The number of pyridine rings is 1. The summed E-state index contributed by atoms with van der Waals surface area (Å²) < 4.78 is 6.92. The Kier molecular flexibility index (Phi) is 4.43. The summed E-state index contributed by atoms with van der Waals surface area (Å²) >= 11 is 5.80. The Labute approximate surface area is 127 Å². The molecule has 0 fully saturated rings. The lowest BCUT2D eigenvalue weighted by molar-refractivity contribution is 0.0474. The quantitative estimate of drug-likeness (QED) is 0.495. The molecule has 0 aliphatic carbocycles. The first-order chi connectivity index (χ1) is 9.91. The van der Waals surface area contributed by atoms with Gasteiger partial charge in [0, 0.05) is 30.2 Å². The Balaban J connectivity index is 2.06. The van der Waals surface area contributed by atoms with Crippen LogP contribution in [0.5, 0.6) is 0 Å². The van der Waals surface area contributed by atoms with Crippen LogP contribution in [0.1, 0.15) is 32.1 Å². The minimum atomic E-state index is -0.660. The van der Waals surface area contributed by atoms with E-state index in [2.05, 4.69) is 4.98 Å². The van der Waals surface area contributed by atoms with Crippen LogP contribution in [-0.4, -0.2) is 27.9 Å². The normalized spacial score (nSPS) is 10.5. The van der Waals surface area contributed by atoms with E-state index in [4.69, 9.17) is 16.3 Å². The van der Waals surface area contributed by atoms with Crippen LogP contribution in [0.3, 0.4) is 0 Å². The third-order valence-electron chi connectivity index (χ3n) is 3.39. The second-order valence-electron chi connectivity index (χ2n) is 4.68. The average molecular weight is 307 g/mol. The summed E-state index contributed by atoms with van der Waals surface area (Å²) in [6.45, 7) is 3.43. The fraction of sp³-hybridized carbons (Fsp3) is 0.267. The van der Waals surface area contributed by atoms with Gasteiger partial charge in [-0.15, -0.1) is 0 Å². The Morgan fingerprint density at radius 3 is 2.62 bits per heavy atom. The lowest BCUT2D eigenvalue weighted by atomic mass is 10.1. The van der Waals surface area contributed by atoms with Crippen molar-refractivity contribution in [2.45, 2.75) is 13.8 Å². The van der Waals surface area contributed by atoms with Gasteiger partial charge in [0.1, 0.15) is 5.15 Å². The number of rotatable bonds is 4. The Morgan fingerprint density at radius 1 is 1.33 bits per heavy atom. The van der Waals surface area contributed by atoms with Crippen molar-refractivity contribution in [2.24, 2.45) is 7.05 Å². The smallest absolute Gasteiger partial charge is 0.341 e. The summed E-state index contributed by atoms with van der Waals surface area (Å²) in [6, 6.07) is 4.86. The van der Waals surface area contributed by atoms with Gasteiger partial charge >= 0.3 is 5.97 Å². The van der Waals surface area contributed by atoms with Crippen molar-refractivity contribution in [2.75, 3.05) is 6.61 Å². The summed E-state index contributed by atoms with van der Waals surface area (Å²) in [7, 11) is 1.88. The van der Waals surface area contributed by atoms with Gasteiger partial charge in [-0.1, -0.05) is 11.6 Å².